The minimum absolute atomic E-state index is 0.202. The fourth-order valence-corrected chi connectivity index (χ4v) is 2.78. The van der Waals surface area contributed by atoms with Crippen molar-refractivity contribution < 1.29 is 33.3 Å². The van der Waals surface area contributed by atoms with Crippen LogP contribution in [-0.2, 0) is 23.9 Å². The van der Waals surface area contributed by atoms with Crippen LogP contribution in [0, 0.1) is 0 Å². The highest BCUT2D eigenvalue weighted by molar-refractivity contribution is 7.80. The summed E-state index contributed by atoms with van der Waals surface area (Å²) >= 11 is 5.24. The standard InChI is InChI=1S/C19H22N2O7S/c1-5-27-17(23)11-28-14-7-6-12(9-15(14)25-3)8-13-18(24)21(10-16(22)26-4)19(29)20(13)2/h6-9H,5,10-11H2,1-4H3/b13-8-. The summed E-state index contributed by atoms with van der Waals surface area (Å²) in [5.74, 6) is -0.731. The molecular formula is C19H22N2O7S. The molecule has 1 heterocycles. The van der Waals surface area contributed by atoms with E-state index in [0.717, 1.165) is 0 Å². The van der Waals surface area contributed by atoms with Crippen LogP contribution in [0.4, 0.5) is 0 Å². The number of esters is 2. The molecule has 1 amide bonds. The normalized spacial score (nSPS) is 15.0. The highest BCUT2D eigenvalue weighted by Crippen LogP contribution is 2.30. The number of likely N-dealkylation sites (N-methyl/N-ethyl adjacent to an activating group) is 1. The third kappa shape index (κ3) is 5.23. The van der Waals surface area contributed by atoms with Gasteiger partial charge < -0.3 is 23.8 Å². The smallest absolute Gasteiger partial charge is 0.344 e. The minimum atomic E-state index is -0.569. The van der Waals surface area contributed by atoms with Crippen molar-refractivity contribution in [2.24, 2.45) is 0 Å². The summed E-state index contributed by atoms with van der Waals surface area (Å²) in [6, 6.07) is 4.97. The van der Waals surface area contributed by atoms with Crippen LogP contribution in [0.2, 0.25) is 0 Å². The van der Waals surface area contributed by atoms with E-state index in [1.54, 1.807) is 38.2 Å². The third-order valence-corrected chi connectivity index (χ3v) is 4.49. The van der Waals surface area contributed by atoms with Crippen LogP contribution in [0.15, 0.2) is 23.9 Å². The highest BCUT2D eigenvalue weighted by Gasteiger charge is 2.37. The van der Waals surface area contributed by atoms with Gasteiger partial charge in [-0.15, -0.1) is 0 Å². The maximum atomic E-state index is 12.7. The van der Waals surface area contributed by atoms with Gasteiger partial charge in [-0.05, 0) is 42.9 Å². The van der Waals surface area contributed by atoms with E-state index in [-0.39, 0.29) is 24.9 Å². The van der Waals surface area contributed by atoms with Crippen LogP contribution in [0.3, 0.4) is 0 Å². The summed E-state index contributed by atoms with van der Waals surface area (Å²) in [5, 5.41) is 0.202. The number of carbonyl (C=O) groups excluding carboxylic acids is 3. The monoisotopic (exact) mass is 422 g/mol. The first-order chi connectivity index (χ1) is 13.8. The lowest BCUT2D eigenvalue weighted by molar-refractivity contribution is -0.145. The Morgan fingerprint density at radius 1 is 1.17 bits per heavy atom. The molecule has 1 saturated heterocycles. The molecule has 0 saturated carbocycles. The summed E-state index contributed by atoms with van der Waals surface area (Å²) < 4.78 is 20.1. The minimum Gasteiger partial charge on any atom is -0.493 e. The number of benzene rings is 1. The maximum Gasteiger partial charge on any atom is 0.344 e. The molecule has 1 aromatic rings. The zero-order valence-electron chi connectivity index (χ0n) is 16.6. The van der Waals surface area contributed by atoms with E-state index in [9.17, 15) is 14.4 Å². The Kier molecular flexibility index (Phi) is 7.54. The van der Waals surface area contributed by atoms with Crippen LogP contribution < -0.4 is 9.47 Å². The average Bonchev–Trinajstić information content (AvgIpc) is 2.90. The van der Waals surface area contributed by atoms with Crippen molar-refractivity contribution in [3.63, 3.8) is 0 Å². The van der Waals surface area contributed by atoms with Gasteiger partial charge in [0.2, 0.25) is 0 Å². The van der Waals surface area contributed by atoms with E-state index in [1.165, 1.54) is 24.0 Å². The Hall–Kier alpha value is -3.14. The zero-order chi connectivity index (χ0) is 21.6. The van der Waals surface area contributed by atoms with Crippen molar-refractivity contribution in [2.45, 2.75) is 6.92 Å². The molecule has 1 fully saturated rings. The summed E-state index contributed by atoms with van der Waals surface area (Å²) in [5.41, 5.74) is 0.935. The van der Waals surface area contributed by atoms with E-state index in [2.05, 4.69) is 4.74 Å². The molecule has 0 atom stereocenters. The molecule has 29 heavy (non-hydrogen) atoms. The fourth-order valence-electron chi connectivity index (χ4n) is 2.53. The van der Waals surface area contributed by atoms with Gasteiger partial charge in [-0.25, -0.2) is 4.79 Å². The first-order valence-electron chi connectivity index (χ1n) is 8.66. The highest BCUT2D eigenvalue weighted by atomic mass is 32.1. The van der Waals surface area contributed by atoms with Gasteiger partial charge in [-0.1, -0.05) is 6.07 Å². The molecule has 2 rings (SSSR count). The predicted octanol–water partition coefficient (Wildman–Crippen LogP) is 1.21. The number of methoxy groups -OCH3 is 2. The van der Waals surface area contributed by atoms with Crippen molar-refractivity contribution in [3.8, 4) is 11.5 Å². The lowest BCUT2D eigenvalue weighted by Gasteiger charge is -2.14. The van der Waals surface area contributed by atoms with Gasteiger partial charge in [-0.2, -0.15) is 0 Å². The van der Waals surface area contributed by atoms with Gasteiger partial charge in [0, 0.05) is 7.05 Å². The number of hydrogen-bond donors (Lipinski definition) is 0. The first kappa shape index (κ1) is 22.2. The third-order valence-electron chi connectivity index (χ3n) is 4.00. The Morgan fingerprint density at radius 2 is 1.90 bits per heavy atom. The second-order valence-corrected chi connectivity index (χ2v) is 6.21. The number of thiocarbonyl (C=S) groups is 1. The average molecular weight is 422 g/mol. The molecule has 0 aliphatic carbocycles. The molecule has 0 N–H and O–H groups in total. The van der Waals surface area contributed by atoms with Gasteiger partial charge in [0.1, 0.15) is 12.2 Å². The van der Waals surface area contributed by atoms with Gasteiger partial charge in [0.25, 0.3) is 5.91 Å². The van der Waals surface area contributed by atoms with Gasteiger partial charge in [-0.3, -0.25) is 14.5 Å². The molecule has 1 aliphatic rings. The number of ether oxygens (including phenoxy) is 4. The zero-order valence-corrected chi connectivity index (χ0v) is 17.4. The molecule has 0 aromatic heterocycles. The molecule has 1 aliphatic heterocycles. The largest absolute Gasteiger partial charge is 0.493 e. The lowest BCUT2D eigenvalue weighted by atomic mass is 10.1. The van der Waals surface area contributed by atoms with Crippen molar-refractivity contribution >= 4 is 41.3 Å². The lowest BCUT2D eigenvalue weighted by Crippen LogP contribution is -2.36. The Morgan fingerprint density at radius 3 is 2.52 bits per heavy atom. The van der Waals surface area contributed by atoms with Crippen LogP contribution in [-0.4, -0.2) is 73.8 Å². The van der Waals surface area contributed by atoms with E-state index < -0.39 is 17.8 Å². The van der Waals surface area contributed by atoms with Crippen molar-refractivity contribution in [2.75, 3.05) is 41.0 Å². The number of amides is 1. The first-order valence-corrected chi connectivity index (χ1v) is 9.07. The molecule has 0 spiro atoms. The Balaban J connectivity index is 2.22. The Labute approximate surface area is 173 Å². The maximum absolute atomic E-state index is 12.7. The molecule has 0 unspecified atom stereocenters. The molecular weight excluding hydrogens is 400 g/mol. The SMILES string of the molecule is CCOC(=O)COc1ccc(/C=C2/C(=O)N(CC(=O)OC)C(=S)N2C)cc1OC. The second-order valence-electron chi connectivity index (χ2n) is 5.84. The number of nitrogens with zero attached hydrogens (tertiary/aromatic N) is 2. The van der Waals surface area contributed by atoms with Crippen molar-refractivity contribution in [1.82, 2.24) is 9.80 Å². The molecule has 0 bridgehead atoms. The van der Waals surface area contributed by atoms with Crippen LogP contribution in [0.25, 0.3) is 6.08 Å². The van der Waals surface area contributed by atoms with Gasteiger partial charge in [0.15, 0.2) is 23.2 Å². The van der Waals surface area contributed by atoms with Crippen LogP contribution in [0.5, 0.6) is 11.5 Å². The fraction of sp³-hybridized carbons (Fsp3) is 0.368. The van der Waals surface area contributed by atoms with Crippen LogP contribution in [0.1, 0.15) is 12.5 Å². The van der Waals surface area contributed by atoms with Crippen LogP contribution >= 0.6 is 12.2 Å². The molecule has 1 aromatic carbocycles. The summed E-state index contributed by atoms with van der Waals surface area (Å²) in [6.07, 6.45) is 1.61. The summed E-state index contributed by atoms with van der Waals surface area (Å²) in [4.78, 5) is 38.3. The van der Waals surface area contributed by atoms with Crippen molar-refractivity contribution in [3.05, 3.63) is 29.5 Å². The summed E-state index contributed by atoms with van der Waals surface area (Å²) in [7, 11) is 4.34. The molecule has 0 radical (unpaired) electrons. The summed E-state index contributed by atoms with van der Waals surface area (Å²) in [6.45, 7) is 1.46. The second kappa shape index (κ2) is 9.87. The van der Waals surface area contributed by atoms with E-state index >= 15 is 0 Å². The molecule has 9 nitrogen and oxygen atoms in total. The predicted molar refractivity (Wildman–Crippen MR) is 107 cm³/mol. The quantitative estimate of drug-likeness (QED) is 0.348. The molecule has 10 heteroatoms. The van der Waals surface area contributed by atoms with Gasteiger partial charge >= 0.3 is 11.9 Å². The van der Waals surface area contributed by atoms with Crippen molar-refractivity contribution in [1.29, 1.82) is 0 Å². The number of hydrogen-bond acceptors (Lipinski definition) is 8. The van der Waals surface area contributed by atoms with E-state index in [4.69, 9.17) is 26.4 Å². The Bertz CT molecular complexity index is 853. The van der Waals surface area contributed by atoms with E-state index in [1.807, 2.05) is 0 Å². The van der Waals surface area contributed by atoms with Gasteiger partial charge in [0.05, 0.1) is 20.8 Å². The number of rotatable bonds is 8. The van der Waals surface area contributed by atoms with E-state index in [0.29, 0.717) is 22.8 Å². The molecule has 156 valence electrons. The number of carbonyl (C=O) groups is 3. The topological polar surface area (TPSA) is 94.6 Å².